The van der Waals surface area contributed by atoms with Crippen molar-refractivity contribution in [3.05, 3.63) is 71.3 Å². The van der Waals surface area contributed by atoms with Gasteiger partial charge in [0.25, 0.3) is 5.19 Å². The highest BCUT2D eigenvalue weighted by atomic mass is 35.5. The monoisotopic (exact) mass is 606 g/mol. The first-order valence-electron chi connectivity index (χ1n) is 14.8. The molecule has 3 aliphatic rings. The molecule has 1 saturated heterocycles. The normalized spacial score (nSPS) is 29.3. The van der Waals surface area contributed by atoms with Crippen LogP contribution in [0.15, 0.2) is 60.7 Å². The van der Waals surface area contributed by atoms with Gasteiger partial charge < -0.3 is 14.7 Å². The number of allylic oxidation sites excluding steroid dienone is 2. The minimum atomic E-state index is -1.09. The van der Waals surface area contributed by atoms with Gasteiger partial charge in [0.1, 0.15) is 6.10 Å². The summed E-state index contributed by atoms with van der Waals surface area (Å²) in [6.07, 6.45) is 9.28. The molecule has 3 heterocycles. The maximum absolute atomic E-state index is 14.3. The molecule has 1 saturated carbocycles. The van der Waals surface area contributed by atoms with Crippen LogP contribution in [-0.2, 0) is 20.8 Å². The first-order valence-corrected chi connectivity index (χ1v) is 16.0. The Morgan fingerprint density at radius 1 is 1.14 bits per heavy atom. The average molecular weight is 607 g/mol. The summed E-state index contributed by atoms with van der Waals surface area (Å²) in [4.78, 5) is 46.8. The van der Waals surface area contributed by atoms with Crippen LogP contribution >= 0.6 is 22.9 Å². The van der Waals surface area contributed by atoms with E-state index in [-0.39, 0.29) is 36.5 Å². The minimum absolute atomic E-state index is 0.0755. The van der Waals surface area contributed by atoms with Crippen LogP contribution in [0, 0.1) is 17.3 Å². The summed E-state index contributed by atoms with van der Waals surface area (Å²) in [6.45, 7) is 0.264. The van der Waals surface area contributed by atoms with Gasteiger partial charge in [-0.3, -0.25) is 14.4 Å². The number of halogens is 1. The quantitative estimate of drug-likeness (QED) is 0.324. The Balaban J connectivity index is 1.29. The van der Waals surface area contributed by atoms with Crippen LogP contribution in [0.25, 0.3) is 10.2 Å². The van der Waals surface area contributed by atoms with E-state index in [0.717, 1.165) is 41.5 Å². The smallest absolute Gasteiger partial charge is 0.310 e. The van der Waals surface area contributed by atoms with Crippen molar-refractivity contribution >= 4 is 50.8 Å². The van der Waals surface area contributed by atoms with E-state index in [1.54, 1.807) is 4.90 Å². The van der Waals surface area contributed by atoms with E-state index in [1.807, 2.05) is 54.6 Å². The Hall–Kier alpha value is -3.23. The Morgan fingerprint density at radius 2 is 2.00 bits per heavy atom. The van der Waals surface area contributed by atoms with E-state index in [0.29, 0.717) is 35.9 Å². The highest BCUT2D eigenvalue weighted by Crippen LogP contribution is 2.57. The third kappa shape index (κ3) is 6.11. The molecule has 3 aromatic rings. The summed E-state index contributed by atoms with van der Waals surface area (Å²) < 4.78 is 7.30. The lowest BCUT2D eigenvalue weighted by molar-refractivity contribution is -0.147. The zero-order valence-corrected chi connectivity index (χ0v) is 25.0. The van der Waals surface area contributed by atoms with Gasteiger partial charge >= 0.3 is 5.97 Å². The summed E-state index contributed by atoms with van der Waals surface area (Å²) in [5, 5.41) is 11.3. The molecule has 1 amide bonds. The number of para-hydroxylation sites is 1. The number of benzene rings is 2. The predicted octanol–water partition coefficient (Wildman–Crippen LogP) is 6.73. The summed E-state index contributed by atoms with van der Waals surface area (Å²) in [5.74, 6) is -1.68. The van der Waals surface area contributed by atoms with Gasteiger partial charge in [-0.05, 0) is 67.9 Å². The van der Waals surface area contributed by atoms with Crippen LogP contribution in [0.3, 0.4) is 0 Å². The number of ketones is 1. The van der Waals surface area contributed by atoms with Crippen LogP contribution in [-0.4, -0.2) is 51.3 Å². The van der Waals surface area contributed by atoms with Gasteiger partial charge in [0.15, 0.2) is 5.78 Å². The zero-order valence-electron chi connectivity index (χ0n) is 23.4. The van der Waals surface area contributed by atoms with E-state index < -0.39 is 23.5 Å². The number of hydrogen-bond acceptors (Lipinski definition) is 6. The molecule has 9 heteroatoms. The number of ether oxygens (including phenoxy) is 1. The summed E-state index contributed by atoms with van der Waals surface area (Å²) >= 11 is 7.71. The average Bonchev–Trinajstić information content (AvgIpc) is 3.28. The van der Waals surface area contributed by atoms with Crippen molar-refractivity contribution in [2.45, 2.75) is 69.9 Å². The van der Waals surface area contributed by atoms with Crippen molar-refractivity contribution in [3.8, 4) is 5.19 Å². The van der Waals surface area contributed by atoms with E-state index in [1.165, 1.54) is 11.3 Å². The van der Waals surface area contributed by atoms with Gasteiger partial charge in [0, 0.05) is 23.8 Å². The number of fused-ring (bicyclic) bond motifs is 3. The first kappa shape index (κ1) is 28.9. The van der Waals surface area contributed by atoms with Crippen LogP contribution in [0.1, 0.15) is 56.9 Å². The molecule has 0 unspecified atom stereocenters. The van der Waals surface area contributed by atoms with Crippen molar-refractivity contribution in [1.82, 2.24) is 9.88 Å². The SMILES string of the molecule is O=C1C[C@]2(C(=O)O)C[C@@H]2/C=C\CCCCC[C@H](Cc2cccc(Cl)c2)C(=O)N2C[C@H](Oc3nc4ccccc4s3)C[C@@H]12. The highest BCUT2D eigenvalue weighted by molar-refractivity contribution is 7.20. The summed E-state index contributed by atoms with van der Waals surface area (Å²) in [7, 11) is 0. The Morgan fingerprint density at radius 3 is 2.81 bits per heavy atom. The van der Waals surface area contributed by atoms with Crippen LogP contribution in [0.4, 0.5) is 0 Å². The number of Topliss-reactive ketones (excluding diaryl/α,β-unsaturated/α-hetero) is 1. The summed E-state index contributed by atoms with van der Waals surface area (Å²) in [5.41, 5.74) is 0.737. The van der Waals surface area contributed by atoms with Crippen molar-refractivity contribution in [2.75, 3.05) is 6.54 Å². The Kier molecular flexibility index (Phi) is 8.37. The molecule has 0 spiro atoms. The van der Waals surface area contributed by atoms with E-state index in [2.05, 4.69) is 11.1 Å². The number of carbonyl (C=O) groups is 3. The molecule has 1 aromatic heterocycles. The number of nitrogens with zero attached hydrogens (tertiary/aromatic N) is 2. The minimum Gasteiger partial charge on any atom is -0.481 e. The van der Waals surface area contributed by atoms with E-state index >= 15 is 0 Å². The second-order valence-electron chi connectivity index (χ2n) is 11.9. The molecule has 42 heavy (non-hydrogen) atoms. The fourth-order valence-corrected chi connectivity index (χ4v) is 7.69. The third-order valence-corrected chi connectivity index (χ3v) is 10.2. The van der Waals surface area contributed by atoms with Gasteiger partial charge in [0.2, 0.25) is 5.91 Å². The largest absolute Gasteiger partial charge is 0.481 e. The zero-order chi connectivity index (χ0) is 29.3. The maximum atomic E-state index is 14.3. The molecular formula is C33H35ClN2O5S. The number of carboxylic acids is 1. The van der Waals surface area contributed by atoms with Crippen molar-refractivity contribution in [2.24, 2.45) is 17.3 Å². The second-order valence-corrected chi connectivity index (χ2v) is 13.4. The topological polar surface area (TPSA) is 96.8 Å². The van der Waals surface area contributed by atoms with Crippen molar-refractivity contribution < 1.29 is 24.2 Å². The first-order chi connectivity index (χ1) is 20.3. The molecule has 2 aromatic carbocycles. The van der Waals surface area contributed by atoms with Gasteiger partial charge in [-0.1, -0.05) is 72.2 Å². The third-order valence-electron chi connectivity index (χ3n) is 9.02. The number of thiazole rings is 1. The predicted molar refractivity (Wildman–Crippen MR) is 163 cm³/mol. The van der Waals surface area contributed by atoms with Crippen LogP contribution < -0.4 is 4.74 Å². The standard InChI is InChI=1S/C33H35ClN2O5S/c34-24-12-8-9-21(16-24)15-22-10-4-2-1-3-5-11-23-18-33(23,31(39)40)19-28(37)27-17-25(20-36(27)30(22)38)41-32-35-26-13-6-7-14-29(26)42-32/h5-9,11-14,16,22-23,25,27H,1-4,10,15,17-20H2,(H,39,40)/b11-5-/t22-,23+,25-,27+,33-/m1/s1. The molecule has 7 nitrogen and oxygen atoms in total. The number of carbonyl (C=O) groups excluding carboxylic acids is 2. The molecule has 0 radical (unpaired) electrons. The highest BCUT2D eigenvalue weighted by Gasteiger charge is 2.61. The van der Waals surface area contributed by atoms with Crippen molar-refractivity contribution in [3.63, 3.8) is 0 Å². The molecular weight excluding hydrogens is 572 g/mol. The van der Waals surface area contributed by atoms with E-state index in [4.69, 9.17) is 16.3 Å². The number of aliphatic carboxylic acids is 1. The van der Waals surface area contributed by atoms with E-state index in [9.17, 15) is 19.5 Å². The number of hydrogen-bond donors (Lipinski definition) is 1. The molecule has 2 fully saturated rings. The molecule has 1 N–H and O–H groups in total. The molecule has 0 bridgehead atoms. The summed E-state index contributed by atoms with van der Waals surface area (Å²) in [6, 6.07) is 14.6. The number of amides is 1. The molecule has 6 rings (SSSR count). The number of rotatable bonds is 5. The van der Waals surface area contributed by atoms with Gasteiger partial charge in [0.05, 0.1) is 28.2 Å². The molecule has 1 aliphatic carbocycles. The Bertz CT molecular complexity index is 1490. The van der Waals surface area contributed by atoms with Crippen LogP contribution in [0.2, 0.25) is 5.02 Å². The lowest BCUT2D eigenvalue weighted by Gasteiger charge is -2.29. The molecule has 5 atom stereocenters. The lowest BCUT2D eigenvalue weighted by Crippen LogP contribution is -2.45. The van der Waals surface area contributed by atoms with Gasteiger partial charge in [-0.25, -0.2) is 4.98 Å². The second kappa shape index (κ2) is 12.2. The number of carboxylic acid groups (broad SMARTS) is 1. The number of aromatic nitrogens is 1. The fourth-order valence-electron chi connectivity index (χ4n) is 6.60. The molecule has 2 aliphatic heterocycles. The van der Waals surface area contributed by atoms with Crippen LogP contribution in [0.5, 0.6) is 5.19 Å². The Labute approximate surface area is 254 Å². The van der Waals surface area contributed by atoms with Crippen molar-refractivity contribution in [1.29, 1.82) is 0 Å². The van der Waals surface area contributed by atoms with Gasteiger partial charge in [-0.15, -0.1) is 0 Å². The maximum Gasteiger partial charge on any atom is 0.310 e. The fraction of sp³-hybridized carbons (Fsp3) is 0.455. The van der Waals surface area contributed by atoms with Gasteiger partial charge in [-0.2, -0.15) is 0 Å². The lowest BCUT2D eigenvalue weighted by atomic mass is 9.90. The molecule has 220 valence electrons.